The van der Waals surface area contributed by atoms with E-state index in [4.69, 9.17) is 9.72 Å². The number of hydrogen-bond donors (Lipinski definition) is 8. The number of fused-ring (bicyclic) bond motifs is 5. The molecular formula is C55H61FN10O14. The van der Waals surface area contributed by atoms with Crippen molar-refractivity contribution in [2.45, 2.75) is 96.1 Å². The monoisotopic (exact) mass is 1100 g/mol. The predicted octanol–water partition coefficient (Wildman–Crippen LogP) is -0.305. The van der Waals surface area contributed by atoms with Gasteiger partial charge in [-0.05, 0) is 67.3 Å². The Morgan fingerprint density at radius 3 is 2.29 bits per heavy atom. The van der Waals surface area contributed by atoms with Crippen LogP contribution in [0.2, 0.25) is 0 Å². The van der Waals surface area contributed by atoms with Gasteiger partial charge in [0.05, 0.1) is 67.8 Å². The molecule has 3 aliphatic heterocycles. The first kappa shape index (κ1) is 57.5. The number of esters is 1. The van der Waals surface area contributed by atoms with Gasteiger partial charge < -0.3 is 51.4 Å². The van der Waals surface area contributed by atoms with Gasteiger partial charge in [-0.3, -0.25) is 57.7 Å². The molecule has 1 aliphatic carbocycles. The molecule has 2 aromatic carbocycles. The van der Waals surface area contributed by atoms with Gasteiger partial charge >= 0.3 is 11.9 Å². The maximum Gasteiger partial charge on any atom is 0.343 e. The third kappa shape index (κ3) is 12.9. The number of benzene rings is 2. The van der Waals surface area contributed by atoms with Crippen LogP contribution >= 0.6 is 0 Å². The van der Waals surface area contributed by atoms with Crippen LogP contribution in [0.4, 0.5) is 4.39 Å². The van der Waals surface area contributed by atoms with Crippen molar-refractivity contribution in [2.24, 2.45) is 0 Å². The van der Waals surface area contributed by atoms with Crippen molar-refractivity contribution >= 4 is 70.1 Å². The maximum atomic E-state index is 15.5. The molecule has 5 heterocycles. The summed E-state index contributed by atoms with van der Waals surface area (Å²) in [6, 6.07) is 9.59. The number of carbonyl (C=O) groups excluding carboxylic acids is 9. The summed E-state index contributed by atoms with van der Waals surface area (Å²) >= 11 is 0. The maximum absolute atomic E-state index is 15.5. The molecule has 0 saturated heterocycles. The van der Waals surface area contributed by atoms with Crippen molar-refractivity contribution in [3.63, 3.8) is 0 Å². The molecule has 3 atom stereocenters. The second kappa shape index (κ2) is 25.0. The van der Waals surface area contributed by atoms with E-state index in [2.05, 4.69) is 31.9 Å². The number of nitrogens with one attached hydrogen (secondary N) is 6. The van der Waals surface area contributed by atoms with E-state index < -0.39 is 103 Å². The predicted molar refractivity (Wildman–Crippen MR) is 281 cm³/mol. The SMILES string of the molecule is CC[C@@]1(O)C(=O)OCc2c1cc1n(c2=O)Cc2c-1nc1cc(F)c(C)c3c1c2[C@@H](NC(=O)CNC(=O)[C@H](Cc1ccccc1)NC(=O)CNC(=O)CNC(=O)CN(CCNC(=O)CCCCCN1C(=O)C=CC1=O)CC(=O)O)CC3. The highest BCUT2D eigenvalue weighted by Gasteiger charge is 2.46. The van der Waals surface area contributed by atoms with Crippen LogP contribution in [0.3, 0.4) is 0 Å². The second-order valence-electron chi connectivity index (χ2n) is 20.0. The number of aliphatic carboxylic acids is 1. The summed E-state index contributed by atoms with van der Waals surface area (Å²) < 4.78 is 22.1. The topological polar surface area (TPSA) is 334 Å². The molecule has 2 aromatic heterocycles. The molecule has 80 heavy (non-hydrogen) atoms. The minimum atomic E-state index is -2.08. The molecule has 8 rings (SSSR count). The Morgan fingerprint density at radius 2 is 1.56 bits per heavy atom. The quantitative estimate of drug-likeness (QED) is 0.0211. The van der Waals surface area contributed by atoms with E-state index >= 15 is 4.39 Å². The van der Waals surface area contributed by atoms with Crippen LogP contribution in [0.5, 0.6) is 0 Å². The van der Waals surface area contributed by atoms with E-state index in [-0.39, 0.29) is 86.4 Å². The van der Waals surface area contributed by atoms with Crippen molar-refractivity contribution in [3.8, 4) is 11.4 Å². The van der Waals surface area contributed by atoms with Gasteiger partial charge in [-0.1, -0.05) is 43.7 Å². The summed E-state index contributed by atoms with van der Waals surface area (Å²) in [5, 5.41) is 37.0. The number of halogens is 1. The summed E-state index contributed by atoms with van der Waals surface area (Å²) in [5.41, 5.74) is 1.49. The number of ether oxygens (including phenoxy) is 1. The Morgan fingerprint density at radius 1 is 0.850 bits per heavy atom. The van der Waals surface area contributed by atoms with Crippen LogP contribution in [-0.4, -0.2) is 147 Å². The van der Waals surface area contributed by atoms with Gasteiger partial charge in [0.25, 0.3) is 17.4 Å². The largest absolute Gasteiger partial charge is 0.480 e. The summed E-state index contributed by atoms with van der Waals surface area (Å²) in [6.07, 6.45) is 4.73. The van der Waals surface area contributed by atoms with Crippen molar-refractivity contribution < 1.29 is 67.3 Å². The molecular weight excluding hydrogens is 1040 g/mol. The molecule has 4 aliphatic rings. The fraction of sp³-hybridized carbons (Fsp3) is 0.418. The number of unbranched alkanes of at least 4 members (excludes halogenated alkanes) is 2. The van der Waals surface area contributed by atoms with Crippen molar-refractivity contribution in [1.82, 2.24) is 51.3 Å². The van der Waals surface area contributed by atoms with Crippen LogP contribution < -0.4 is 37.5 Å². The number of aromatic nitrogens is 2. The number of carboxylic acids is 1. The standard InChI is InChI=1S/C55H61FN10O14/c1-3-55(79)35-21-40-51-33(26-66(40)53(77)34(35)29-80-54(55)78)50-37(14-13-32-30(2)36(56)22-38(63-51)49(32)50)61-44(70)25-60-52(76)39(20-31-10-6-4-7-11-31)62-43(69)24-58-42(68)23-59-45(71)27-64(28-48(74)75)19-17-57-41(67)12-8-5-9-18-65-46(72)15-16-47(65)73/h4,6-7,10-11,15-16,21-22,37,39,79H,3,5,8-9,12-14,17-20,23-29H2,1-2H3,(H,57,67)(H,58,68)(H,59,71)(H,60,76)(H,61,70)(H,62,69)(H,74,75)/t37-,39-,55-/m0/s1. The lowest BCUT2D eigenvalue weighted by Crippen LogP contribution is -2.52. The minimum absolute atomic E-state index is 0.0123. The number of cyclic esters (lactones) is 1. The fourth-order valence-electron chi connectivity index (χ4n) is 10.4. The van der Waals surface area contributed by atoms with Crippen molar-refractivity contribution in [1.29, 1.82) is 0 Å². The van der Waals surface area contributed by atoms with E-state index in [1.165, 1.54) is 27.7 Å². The third-order valence-corrected chi connectivity index (χ3v) is 14.6. The van der Waals surface area contributed by atoms with Crippen LogP contribution in [0, 0.1) is 12.7 Å². The number of pyridine rings is 2. The number of carbonyl (C=O) groups is 10. The zero-order valence-electron chi connectivity index (χ0n) is 44.0. The number of nitrogens with zero attached hydrogens (tertiary/aromatic N) is 4. The highest BCUT2D eigenvalue weighted by molar-refractivity contribution is 6.12. The number of amides is 8. The molecule has 0 radical (unpaired) electrons. The summed E-state index contributed by atoms with van der Waals surface area (Å²) in [5.74, 6) is -7.31. The number of imide groups is 1. The van der Waals surface area contributed by atoms with Gasteiger partial charge in [0.1, 0.15) is 18.5 Å². The van der Waals surface area contributed by atoms with E-state index in [1.807, 2.05) is 0 Å². The average molecular weight is 1110 g/mol. The Kier molecular flexibility index (Phi) is 17.9. The molecule has 0 bridgehead atoms. The summed E-state index contributed by atoms with van der Waals surface area (Å²) in [4.78, 5) is 148. The van der Waals surface area contributed by atoms with Crippen LogP contribution in [-0.2, 0) is 84.3 Å². The van der Waals surface area contributed by atoms with Gasteiger partial charge in [0.15, 0.2) is 5.60 Å². The molecule has 0 fully saturated rings. The molecule has 24 nitrogen and oxygen atoms in total. The molecule has 4 aromatic rings. The molecule has 0 unspecified atom stereocenters. The first-order valence-electron chi connectivity index (χ1n) is 26.3. The molecule has 25 heteroatoms. The number of aliphatic hydroxyl groups is 1. The van der Waals surface area contributed by atoms with E-state index in [0.29, 0.717) is 76.7 Å². The average Bonchev–Trinajstić information content (AvgIpc) is 4.15. The van der Waals surface area contributed by atoms with Gasteiger partial charge in [0, 0.05) is 67.2 Å². The van der Waals surface area contributed by atoms with Gasteiger partial charge in [-0.25, -0.2) is 14.2 Å². The number of carboxylic acid groups (broad SMARTS) is 1. The van der Waals surface area contributed by atoms with Crippen LogP contribution in [0.15, 0.2) is 59.4 Å². The summed E-state index contributed by atoms with van der Waals surface area (Å²) in [7, 11) is 0. The zero-order valence-corrected chi connectivity index (χ0v) is 44.0. The lowest BCUT2D eigenvalue weighted by molar-refractivity contribution is -0.172. The first-order valence-corrected chi connectivity index (χ1v) is 26.3. The zero-order chi connectivity index (χ0) is 57.4. The Balaban J connectivity index is 0.836. The second-order valence-corrected chi connectivity index (χ2v) is 20.0. The molecule has 8 amide bonds. The van der Waals surface area contributed by atoms with Gasteiger partial charge in [-0.2, -0.15) is 0 Å². The Hall–Kier alpha value is -8.71. The fourth-order valence-corrected chi connectivity index (χ4v) is 10.4. The molecule has 0 spiro atoms. The Bertz CT molecular complexity index is 3270. The molecule has 422 valence electrons. The lowest BCUT2D eigenvalue weighted by atomic mass is 9.81. The highest BCUT2D eigenvalue weighted by Crippen LogP contribution is 2.46. The normalized spacial score (nSPS) is 17.0. The third-order valence-electron chi connectivity index (χ3n) is 14.6. The number of aryl methyl sites for hydroxylation is 1. The number of hydrogen-bond acceptors (Lipinski definition) is 15. The van der Waals surface area contributed by atoms with Crippen LogP contribution in [0.1, 0.15) is 90.4 Å². The summed E-state index contributed by atoms with van der Waals surface area (Å²) in [6.45, 7) is 0.431. The minimum Gasteiger partial charge on any atom is -0.480 e. The van der Waals surface area contributed by atoms with Crippen molar-refractivity contribution in [2.75, 3.05) is 52.4 Å². The van der Waals surface area contributed by atoms with Crippen LogP contribution in [0.25, 0.3) is 22.3 Å². The van der Waals surface area contributed by atoms with Gasteiger partial charge in [-0.15, -0.1) is 0 Å². The van der Waals surface area contributed by atoms with Crippen molar-refractivity contribution in [3.05, 3.63) is 110 Å². The first-order chi connectivity index (χ1) is 38.3. The van der Waals surface area contributed by atoms with E-state index in [1.54, 1.807) is 50.2 Å². The van der Waals surface area contributed by atoms with E-state index in [9.17, 15) is 63.0 Å². The lowest BCUT2D eigenvalue weighted by Gasteiger charge is -2.31. The Labute approximate surface area is 456 Å². The van der Waals surface area contributed by atoms with Gasteiger partial charge in [0.2, 0.25) is 35.4 Å². The molecule has 0 saturated carbocycles. The van der Waals surface area contributed by atoms with E-state index in [0.717, 1.165) is 4.90 Å². The smallest absolute Gasteiger partial charge is 0.343 e. The molecule has 8 N–H and O–H groups in total. The number of rotatable bonds is 25. The highest BCUT2D eigenvalue weighted by atomic mass is 19.1.